The van der Waals surface area contributed by atoms with Crippen LogP contribution >= 0.6 is 31.9 Å². The molecule has 0 unspecified atom stereocenters. The fraction of sp³-hybridized carbons (Fsp3) is 0.300. The third-order valence-corrected chi connectivity index (χ3v) is 3.76. The third-order valence-electron chi connectivity index (χ3n) is 2.25. The van der Waals surface area contributed by atoms with Gasteiger partial charge < -0.3 is 18.9 Å². The summed E-state index contributed by atoms with van der Waals surface area (Å²) in [6.45, 7) is 0.0847. The number of fused-ring (bicyclic) bond motifs is 1. The van der Waals surface area contributed by atoms with Gasteiger partial charge >= 0.3 is 5.97 Å². The van der Waals surface area contributed by atoms with E-state index >= 15 is 0 Å². The highest BCUT2D eigenvalue weighted by atomic mass is 79.9. The molecule has 2 rings (SSSR count). The van der Waals surface area contributed by atoms with Crippen LogP contribution in [0.3, 0.4) is 0 Å². The SMILES string of the molecule is COC(=O)c1c(Br)c(OC)c2c(c1Br)OCO2. The summed E-state index contributed by atoms with van der Waals surface area (Å²) >= 11 is 6.59. The summed E-state index contributed by atoms with van der Waals surface area (Å²) in [5.41, 5.74) is 0.300. The van der Waals surface area contributed by atoms with Crippen LogP contribution in [0.1, 0.15) is 10.4 Å². The molecule has 5 nitrogen and oxygen atoms in total. The van der Waals surface area contributed by atoms with E-state index in [4.69, 9.17) is 18.9 Å². The molecule has 1 aliphatic heterocycles. The summed E-state index contributed by atoms with van der Waals surface area (Å²) in [6.07, 6.45) is 0. The van der Waals surface area contributed by atoms with Crippen molar-refractivity contribution in [3.8, 4) is 17.2 Å². The molecule has 1 aliphatic rings. The number of benzene rings is 1. The maximum absolute atomic E-state index is 11.7. The molecule has 0 aromatic heterocycles. The Morgan fingerprint density at radius 1 is 1.18 bits per heavy atom. The Hall–Kier alpha value is -0.950. The van der Waals surface area contributed by atoms with Crippen molar-refractivity contribution < 1.29 is 23.7 Å². The highest BCUT2D eigenvalue weighted by molar-refractivity contribution is 9.11. The summed E-state index contributed by atoms with van der Waals surface area (Å²) in [5.74, 6) is 0.797. The summed E-state index contributed by atoms with van der Waals surface area (Å²) in [5, 5.41) is 0. The van der Waals surface area contributed by atoms with E-state index in [2.05, 4.69) is 31.9 Å². The second-order valence-electron chi connectivity index (χ2n) is 3.09. The van der Waals surface area contributed by atoms with Gasteiger partial charge in [0.15, 0.2) is 11.5 Å². The Bertz CT molecular complexity index is 486. The largest absolute Gasteiger partial charge is 0.492 e. The minimum absolute atomic E-state index is 0.0847. The number of methoxy groups -OCH3 is 2. The maximum Gasteiger partial charge on any atom is 0.340 e. The molecule has 0 saturated carbocycles. The smallest absolute Gasteiger partial charge is 0.340 e. The van der Waals surface area contributed by atoms with Crippen molar-refractivity contribution in [3.05, 3.63) is 14.5 Å². The van der Waals surface area contributed by atoms with E-state index < -0.39 is 5.97 Å². The number of ether oxygens (including phenoxy) is 4. The Morgan fingerprint density at radius 3 is 2.41 bits per heavy atom. The average Bonchev–Trinajstić information content (AvgIpc) is 2.78. The zero-order valence-corrected chi connectivity index (χ0v) is 12.2. The van der Waals surface area contributed by atoms with E-state index in [0.717, 1.165) is 0 Å². The van der Waals surface area contributed by atoms with Gasteiger partial charge in [0.05, 0.1) is 28.7 Å². The number of carbonyl (C=O) groups is 1. The summed E-state index contributed by atoms with van der Waals surface area (Å²) in [6, 6.07) is 0. The first-order chi connectivity index (χ1) is 8.11. The molecule has 0 fully saturated rings. The van der Waals surface area contributed by atoms with Gasteiger partial charge in [-0.15, -0.1) is 0 Å². The second-order valence-corrected chi connectivity index (χ2v) is 4.68. The lowest BCUT2D eigenvalue weighted by Crippen LogP contribution is -2.05. The van der Waals surface area contributed by atoms with Crippen LogP contribution < -0.4 is 14.2 Å². The predicted molar refractivity (Wildman–Crippen MR) is 65.9 cm³/mol. The van der Waals surface area contributed by atoms with Crippen LogP contribution in [0, 0.1) is 0 Å². The van der Waals surface area contributed by atoms with E-state index in [1.165, 1.54) is 14.2 Å². The molecule has 17 heavy (non-hydrogen) atoms. The van der Waals surface area contributed by atoms with Gasteiger partial charge in [-0.3, -0.25) is 0 Å². The minimum Gasteiger partial charge on any atom is -0.492 e. The van der Waals surface area contributed by atoms with Crippen molar-refractivity contribution in [1.29, 1.82) is 0 Å². The molecule has 92 valence electrons. The Morgan fingerprint density at radius 2 is 1.82 bits per heavy atom. The fourth-order valence-electron chi connectivity index (χ4n) is 1.50. The fourth-order valence-corrected chi connectivity index (χ4v) is 3.12. The van der Waals surface area contributed by atoms with Gasteiger partial charge in [0.1, 0.15) is 0 Å². The highest BCUT2D eigenvalue weighted by Gasteiger charge is 2.31. The number of rotatable bonds is 2. The van der Waals surface area contributed by atoms with Gasteiger partial charge in [-0.25, -0.2) is 4.79 Å². The standard InChI is InChI=1S/C10H8Br2O5/c1-14-7-5(11)4(10(13)15-2)6(12)8-9(7)17-3-16-8/h3H2,1-2H3. The van der Waals surface area contributed by atoms with Crippen LogP contribution in [-0.4, -0.2) is 27.0 Å². The molecule has 1 heterocycles. The van der Waals surface area contributed by atoms with Crippen LogP contribution in [0.4, 0.5) is 0 Å². The number of carbonyl (C=O) groups excluding carboxylic acids is 1. The molecule has 0 N–H and O–H groups in total. The highest BCUT2D eigenvalue weighted by Crippen LogP contribution is 2.52. The van der Waals surface area contributed by atoms with Crippen LogP contribution in [-0.2, 0) is 4.74 Å². The predicted octanol–water partition coefficient (Wildman–Crippen LogP) is 2.74. The Labute approximate surface area is 114 Å². The van der Waals surface area contributed by atoms with Crippen LogP contribution in [0.15, 0.2) is 8.95 Å². The van der Waals surface area contributed by atoms with E-state index in [9.17, 15) is 4.79 Å². The lowest BCUT2D eigenvalue weighted by molar-refractivity contribution is 0.0597. The van der Waals surface area contributed by atoms with Gasteiger partial charge in [0, 0.05) is 0 Å². The van der Waals surface area contributed by atoms with Gasteiger partial charge in [0.2, 0.25) is 12.5 Å². The van der Waals surface area contributed by atoms with Crippen molar-refractivity contribution in [1.82, 2.24) is 0 Å². The van der Waals surface area contributed by atoms with E-state index in [1.807, 2.05) is 0 Å². The monoisotopic (exact) mass is 366 g/mol. The van der Waals surface area contributed by atoms with Crippen molar-refractivity contribution in [2.75, 3.05) is 21.0 Å². The van der Waals surface area contributed by atoms with Crippen molar-refractivity contribution in [3.63, 3.8) is 0 Å². The van der Waals surface area contributed by atoms with Gasteiger partial charge in [-0.05, 0) is 31.9 Å². The Balaban J connectivity index is 2.73. The van der Waals surface area contributed by atoms with Crippen molar-refractivity contribution >= 4 is 37.8 Å². The third kappa shape index (κ3) is 1.87. The molecular formula is C10H8Br2O5. The number of hydrogen-bond acceptors (Lipinski definition) is 5. The molecule has 1 aromatic rings. The topological polar surface area (TPSA) is 54.0 Å². The van der Waals surface area contributed by atoms with E-state index in [-0.39, 0.29) is 6.79 Å². The lowest BCUT2D eigenvalue weighted by Gasteiger charge is -2.12. The summed E-state index contributed by atoms with van der Waals surface area (Å²) in [4.78, 5) is 11.7. The first-order valence-corrected chi connectivity index (χ1v) is 6.13. The zero-order chi connectivity index (χ0) is 12.6. The second kappa shape index (κ2) is 4.73. The number of halogens is 2. The van der Waals surface area contributed by atoms with Crippen LogP contribution in [0.5, 0.6) is 17.2 Å². The molecule has 7 heteroatoms. The van der Waals surface area contributed by atoms with Gasteiger partial charge in [0.25, 0.3) is 0 Å². The molecular weight excluding hydrogens is 360 g/mol. The molecule has 0 radical (unpaired) electrons. The normalized spacial score (nSPS) is 12.5. The van der Waals surface area contributed by atoms with E-state index in [1.54, 1.807) is 0 Å². The molecule has 0 saturated heterocycles. The van der Waals surface area contributed by atoms with E-state index in [0.29, 0.717) is 31.8 Å². The zero-order valence-electron chi connectivity index (χ0n) is 9.00. The molecule has 0 amide bonds. The molecule has 0 atom stereocenters. The molecule has 1 aromatic carbocycles. The van der Waals surface area contributed by atoms with Crippen LogP contribution in [0.25, 0.3) is 0 Å². The molecule has 0 bridgehead atoms. The average molecular weight is 368 g/mol. The first kappa shape index (κ1) is 12.5. The molecule has 0 aliphatic carbocycles. The number of hydrogen-bond donors (Lipinski definition) is 0. The number of esters is 1. The van der Waals surface area contributed by atoms with Crippen molar-refractivity contribution in [2.45, 2.75) is 0 Å². The maximum atomic E-state index is 11.7. The van der Waals surface area contributed by atoms with Crippen LogP contribution in [0.2, 0.25) is 0 Å². The van der Waals surface area contributed by atoms with Gasteiger partial charge in [-0.1, -0.05) is 0 Å². The summed E-state index contributed by atoms with van der Waals surface area (Å²) < 4.78 is 21.4. The van der Waals surface area contributed by atoms with Gasteiger partial charge in [-0.2, -0.15) is 0 Å². The Kier molecular flexibility index (Phi) is 3.48. The quantitative estimate of drug-likeness (QED) is 0.752. The lowest BCUT2D eigenvalue weighted by atomic mass is 10.2. The first-order valence-electron chi connectivity index (χ1n) is 4.54. The minimum atomic E-state index is -0.500. The molecule has 0 spiro atoms. The van der Waals surface area contributed by atoms with Crippen molar-refractivity contribution in [2.24, 2.45) is 0 Å². The summed E-state index contributed by atoms with van der Waals surface area (Å²) in [7, 11) is 2.79.